The van der Waals surface area contributed by atoms with E-state index in [4.69, 9.17) is 9.84 Å². The molecule has 3 N–H and O–H groups in total. The molecule has 0 aliphatic heterocycles. The number of benzene rings is 1. The molecule has 0 bridgehead atoms. The number of aromatic nitrogens is 2. The SMILES string of the molecule is CC(C)OC(=O)NC1CCC(c2nnc(-c3ccc(NC(=O)O)cc3SC(C)C)s2)CC1. The second-order valence-electron chi connectivity index (χ2n) is 8.40. The van der Waals surface area contributed by atoms with E-state index >= 15 is 0 Å². The molecule has 32 heavy (non-hydrogen) atoms. The highest BCUT2D eigenvalue weighted by Crippen LogP contribution is 2.40. The Morgan fingerprint density at radius 2 is 1.88 bits per heavy atom. The molecule has 8 nitrogen and oxygen atoms in total. The highest BCUT2D eigenvalue weighted by molar-refractivity contribution is 8.00. The van der Waals surface area contributed by atoms with Crippen LogP contribution in [0.25, 0.3) is 10.6 Å². The third-order valence-corrected chi connectivity index (χ3v) is 7.19. The average Bonchev–Trinajstić information content (AvgIpc) is 3.17. The Balaban J connectivity index is 1.68. The molecule has 1 fully saturated rings. The van der Waals surface area contributed by atoms with Crippen molar-refractivity contribution < 1.29 is 19.4 Å². The Morgan fingerprint density at radius 1 is 1.16 bits per heavy atom. The molecule has 1 aliphatic carbocycles. The quantitative estimate of drug-likeness (QED) is 0.421. The number of hydrogen-bond donors (Lipinski definition) is 3. The zero-order valence-corrected chi connectivity index (χ0v) is 20.4. The Morgan fingerprint density at radius 3 is 2.50 bits per heavy atom. The molecule has 2 amide bonds. The third kappa shape index (κ3) is 6.83. The van der Waals surface area contributed by atoms with Gasteiger partial charge in [0.15, 0.2) is 0 Å². The number of alkyl carbamates (subject to hydrolysis) is 1. The van der Waals surface area contributed by atoms with Crippen molar-refractivity contribution in [1.29, 1.82) is 0 Å². The van der Waals surface area contributed by atoms with Gasteiger partial charge in [-0.1, -0.05) is 25.2 Å². The number of nitrogens with zero attached hydrogens (tertiary/aromatic N) is 2. The van der Waals surface area contributed by atoms with Crippen LogP contribution >= 0.6 is 23.1 Å². The van der Waals surface area contributed by atoms with E-state index in [1.807, 2.05) is 26.0 Å². The summed E-state index contributed by atoms with van der Waals surface area (Å²) in [5.74, 6) is 0.328. The van der Waals surface area contributed by atoms with Crippen LogP contribution in [0, 0.1) is 0 Å². The summed E-state index contributed by atoms with van der Waals surface area (Å²) in [6.45, 7) is 7.87. The summed E-state index contributed by atoms with van der Waals surface area (Å²) >= 11 is 3.26. The summed E-state index contributed by atoms with van der Waals surface area (Å²) in [5, 5.41) is 25.5. The number of amides is 2. The Bertz CT molecular complexity index is 940. The van der Waals surface area contributed by atoms with Crippen molar-refractivity contribution in [2.75, 3.05) is 5.32 Å². The fraction of sp³-hybridized carbons (Fsp3) is 0.545. The lowest BCUT2D eigenvalue weighted by atomic mass is 9.86. The number of anilines is 1. The number of nitrogens with one attached hydrogen (secondary N) is 2. The van der Waals surface area contributed by atoms with Crippen LogP contribution in [0.3, 0.4) is 0 Å². The summed E-state index contributed by atoms with van der Waals surface area (Å²) < 4.78 is 5.18. The van der Waals surface area contributed by atoms with Crippen LogP contribution in [0.2, 0.25) is 0 Å². The summed E-state index contributed by atoms with van der Waals surface area (Å²) in [6.07, 6.45) is 2.09. The number of carbonyl (C=O) groups excluding carboxylic acids is 1. The minimum atomic E-state index is -1.08. The lowest BCUT2D eigenvalue weighted by Crippen LogP contribution is -2.38. The van der Waals surface area contributed by atoms with Crippen LogP contribution in [0.15, 0.2) is 23.1 Å². The molecule has 0 saturated heterocycles. The van der Waals surface area contributed by atoms with E-state index in [0.717, 1.165) is 46.2 Å². The molecule has 0 radical (unpaired) electrons. The largest absolute Gasteiger partial charge is 0.465 e. The zero-order chi connectivity index (χ0) is 23.3. The van der Waals surface area contributed by atoms with E-state index in [0.29, 0.717) is 16.9 Å². The predicted molar refractivity (Wildman–Crippen MR) is 128 cm³/mol. The maximum absolute atomic E-state index is 11.8. The number of ether oxygens (including phenoxy) is 1. The van der Waals surface area contributed by atoms with E-state index in [1.165, 1.54) is 0 Å². The molecule has 174 valence electrons. The maximum atomic E-state index is 11.8. The number of hydrogen-bond acceptors (Lipinski definition) is 7. The van der Waals surface area contributed by atoms with Gasteiger partial charge in [0.25, 0.3) is 0 Å². The minimum absolute atomic E-state index is 0.126. The summed E-state index contributed by atoms with van der Waals surface area (Å²) in [7, 11) is 0. The van der Waals surface area contributed by atoms with Crippen molar-refractivity contribution in [2.45, 2.75) is 81.6 Å². The highest BCUT2D eigenvalue weighted by atomic mass is 32.2. The molecule has 10 heteroatoms. The van der Waals surface area contributed by atoms with Crippen molar-refractivity contribution in [3.8, 4) is 10.6 Å². The van der Waals surface area contributed by atoms with Gasteiger partial charge in [-0.3, -0.25) is 5.32 Å². The van der Waals surface area contributed by atoms with Gasteiger partial charge in [-0.05, 0) is 57.7 Å². The maximum Gasteiger partial charge on any atom is 0.409 e. The molecule has 0 unspecified atom stereocenters. The molecule has 2 aromatic rings. The first-order chi connectivity index (χ1) is 15.2. The molecule has 1 aliphatic rings. The molecule has 0 spiro atoms. The first-order valence-corrected chi connectivity index (χ1v) is 12.5. The Labute approximate surface area is 196 Å². The standard InChI is InChI=1S/C22H30N4O4S2/c1-12(2)30-22(29)24-15-7-5-14(6-8-15)19-25-26-20(32-19)17-10-9-16(23-21(27)28)11-18(17)31-13(3)4/h9-15,23H,5-8H2,1-4H3,(H,24,29)(H,27,28). The number of carbonyl (C=O) groups is 2. The van der Waals surface area contributed by atoms with Crippen molar-refractivity contribution in [2.24, 2.45) is 0 Å². The van der Waals surface area contributed by atoms with Gasteiger partial charge in [0.1, 0.15) is 10.0 Å². The smallest absolute Gasteiger partial charge is 0.409 e. The topological polar surface area (TPSA) is 113 Å². The van der Waals surface area contributed by atoms with E-state index < -0.39 is 6.09 Å². The number of carboxylic acid groups (broad SMARTS) is 1. The van der Waals surface area contributed by atoms with Gasteiger partial charge in [0.2, 0.25) is 0 Å². The van der Waals surface area contributed by atoms with Crippen LogP contribution < -0.4 is 10.6 Å². The van der Waals surface area contributed by atoms with Gasteiger partial charge < -0.3 is 15.2 Å². The minimum Gasteiger partial charge on any atom is -0.465 e. The highest BCUT2D eigenvalue weighted by Gasteiger charge is 2.27. The van der Waals surface area contributed by atoms with Crippen LogP contribution in [0.1, 0.15) is 64.3 Å². The summed E-state index contributed by atoms with van der Waals surface area (Å²) in [4.78, 5) is 23.8. The molecular formula is C22H30N4O4S2. The predicted octanol–water partition coefficient (Wildman–Crippen LogP) is 5.96. The molecule has 1 aromatic carbocycles. The Kier molecular flexibility index (Phi) is 8.36. The van der Waals surface area contributed by atoms with Crippen LogP contribution in [0.5, 0.6) is 0 Å². The van der Waals surface area contributed by atoms with Gasteiger partial charge in [0.05, 0.1) is 6.10 Å². The van der Waals surface area contributed by atoms with Gasteiger partial charge in [-0.15, -0.1) is 22.0 Å². The van der Waals surface area contributed by atoms with Crippen LogP contribution in [-0.2, 0) is 4.74 Å². The molecule has 1 heterocycles. The number of rotatable bonds is 7. The average molecular weight is 479 g/mol. The fourth-order valence-corrected chi connectivity index (χ4v) is 5.77. The van der Waals surface area contributed by atoms with E-state index in [2.05, 4.69) is 34.7 Å². The third-order valence-electron chi connectivity index (χ3n) is 5.01. The second-order valence-corrected chi connectivity index (χ2v) is 11.0. The van der Waals surface area contributed by atoms with E-state index in [1.54, 1.807) is 29.2 Å². The van der Waals surface area contributed by atoms with Gasteiger partial charge in [-0.25, -0.2) is 9.59 Å². The first-order valence-electron chi connectivity index (χ1n) is 10.8. The van der Waals surface area contributed by atoms with Gasteiger partial charge in [0, 0.05) is 33.4 Å². The molecule has 3 rings (SSSR count). The molecular weight excluding hydrogens is 448 g/mol. The molecule has 1 aromatic heterocycles. The lowest BCUT2D eigenvalue weighted by molar-refractivity contribution is 0.109. The number of thioether (sulfide) groups is 1. The van der Waals surface area contributed by atoms with Crippen molar-refractivity contribution >= 4 is 41.0 Å². The summed E-state index contributed by atoms with van der Waals surface area (Å²) in [6, 6.07) is 5.64. The van der Waals surface area contributed by atoms with Gasteiger partial charge in [-0.2, -0.15) is 0 Å². The second kappa shape index (κ2) is 11.0. The van der Waals surface area contributed by atoms with Gasteiger partial charge >= 0.3 is 12.2 Å². The van der Waals surface area contributed by atoms with Crippen molar-refractivity contribution in [3.63, 3.8) is 0 Å². The molecule has 0 atom stereocenters. The monoisotopic (exact) mass is 478 g/mol. The normalized spacial score (nSPS) is 18.6. The van der Waals surface area contributed by atoms with Crippen molar-refractivity contribution in [1.82, 2.24) is 15.5 Å². The van der Waals surface area contributed by atoms with E-state index in [-0.39, 0.29) is 18.2 Å². The van der Waals surface area contributed by atoms with E-state index in [9.17, 15) is 9.59 Å². The zero-order valence-electron chi connectivity index (χ0n) is 18.8. The van der Waals surface area contributed by atoms with Crippen molar-refractivity contribution in [3.05, 3.63) is 23.2 Å². The summed E-state index contributed by atoms with van der Waals surface area (Å²) in [5.41, 5.74) is 1.51. The van der Waals surface area contributed by atoms with Crippen LogP contribution in [0.4, 0.5) is 15.3 Å². The fourth-order valence-electron chi connectivity index (χ4n) is 3.66. The first kappa shape index (κ1) is 24.3. The lowest BCUT2D eigenvalue weighted by Gasteiger charge is -2.27. The molecule has 1 saturated carbocycles. The Hall–Kier alpha value is -2.33. The van der Waals surface area contributed by atoms with Crippen LogP contribution in [-0.4, -0.2) is 44.9 Å².